The Bertz CT molecular complexity index is 1070. The summed E-state index contributed by atoms with van der Waals surface area (Å²) >= 11 is 1.36. The average molecular weight is 409 g/mol. The highest BCUT2D eigenvalue weighted by atomic mass is 32.1. The van der Waals surface area contributed by atoms with Gasteiger partial charge in [0.1, 0.15) is 5.69 Å². The van der Waals surface area contributed by atoms with Gasteiger partial charge in [0, 0.05) is 24.7 Å². The minimum atomic E-state index is -0.140. The number of carbonyl (C=O) groups is 1. The van der Waals surface area contributed by atoms with Crippen molar-refractivity contribution < 1.29 is 4.79 Å². The SMILES string of the molecule is CC(C)n1nc(-c2sc(C(=O)N3CCCCC3)nc2-c2ccccc2)ccc1=O. The van der Waals surface area contributed by atoms with Gasteiger partial charge in [-0.2, -0.15) is 5.10 Å². The fourth-order valence-electron chi connectivity index (χ4n) is 3.53. The van der Waals surface area contributed by atoms with Crippen LogP contribution >= 0.6 is 11.3 Å². The molecule has 0 saturated carbocycles. The lowest BCUT2D eigenvalue weighted by Gasteiger charge is -2.25. The van der Waals surface area contributed by atoms with Crippen molar-refractivity contribution in [2.45, 2.75) is 39.2 Å². The molecular weight excluding hydrogens is 384 g/mol. The van der Waals surface area contributed by atoms with Crippen LogP contribution in [-0.4, -0.2) is 38.7 Å². The van der Waals surface area contributed by atoms with E-state index in [1.54, 1.807) is 6.07 Å². The van der Waals surface area contributed by atoms with Gasteiger partial charge in [-0.15, -0.1) is 11.3 Å². The zero-order valence-corrected chi connectivity index (χ0v) is 17.5. The first-order valence-corrected chi connectivity index (χ1v) is 10.8. The molecule has 150 valence electrons. The average Bonchev–Trinajstić information content (AvgIpc) is 3.20. The van der Waals surface area contributed by atoms with Crippen molar-refractivity contribution >= 4 is 17.2 Å². The zero-order valence-electron chi connectivity index (χ0n) is 16.7. The van der Waals surface area contributed by atoms with Crippen LogP contribution < -0.4 is 5.56 Å². The molecule has 1 amide bonds. The summed E-state index contributed by atoms with van der Waals surface area (Å²) in [7, 11) is 0. The van der Waals surface area contributed by atoms with Crippen LogP contribution in [0.1, 0.15) is 49.0 Å². The second kappa shape index (κ2) is 8.29. The lowest BCUT2D eigenvalue weighted by Crippen LogP contribution is -2.35. The second-order valence-corrected chi connectivity index (χ2v) is 8.51. The Morgan fingerprint density at radius 3 is 2.45 bits per heavy atom. The highest BCUT2D eigenvalue weighted by Gasteiger charge is 2.25. The predicted octanol–water partition coefficient (Wildman–Crippen LogP) is 4.24. The number of hydrogen-bond acceptors (Lipinski definition) is 5. The van der Waals surface area contributed by atoms with Gasteiger partial charge in [-0.1, -0.05) is 30.3 Å². The Morgan fingerprint density at radius 2 is 1.76 bits per heavy atom. The summed E-state index contributed by atoms with van der Waals surface area (Å²) in [6.45, 7) is 5.42. The minimum Gasteiger partial charge on any atom is -0.337 e. The third kappa shape index (κ3) is 4.00. The van der Waals surface area contributed by atoms with Crippen LogP contribution in [-0.2, 0) is 0 Å². The van der Waals surface area contributed by atoms with E-state index in [9.17, 15) is 9.59 Å². The van der Waals surface area contributed by atoms with Crippen LogP contribution in [0.3, 0.4) is 0 Å². The van der Waals surface area contributed by atoms with E-state index in [2.05, 4.69) is 5.10 Å². The van der Waals surface area contributed by atoms with Crippen LogP contribution in [0, 0.1) is 0 Å². The fraction of sp³-hybridized carbons (Fsp3) is 0.364. The number of nitrogens with zero attached hydrogens (tertiary/aromatic N) is 4. The molecule has 0 atom stereocenters. The van der Waals surface area contributed by atoms with Crippen molar-refractivity contribution in [2.75, 3.05) is 13.1 Å². The van der Waals surface area contributed by atoms with Gasteiger partial charge in [-0.3, -0.25) is 9.59 Å². The number of amides is 1. The van der Waals surface area contributed by atoms with Crippen LogP contribution in [0.25, 0.3) is 21.8 Å². The van der Waals surface area contributed by atoms with E-state index >= 15 is 0 Å². The summed E-state index contributed by atoms with van der Waals surface area (Å²) in [4.78, 5) is 32.6. The van der Waals surface area contributed by atoms with Crippen molar-refractivity contribution in [1.82, 2.24) is 19.7 Å². The van der Waals surface area contributed by atoms with Crippen molar-refractivity contribution in [2.24, 2.45) is 0 Å². The van der Waals surface area contributed by atoms with Gasteiger partial charge in [0.25, 0.3) is 11.5 Å². The molecule has 29 heavy (non-hydrogen) atoms. The van der Waals surface area contributed by atoms with E-state index in [0.29, 0.717) is 10.7 Å². The topological polar surface area (TPSA) is 68.1 Å². The molecule has 1 aliphatic rings. The Kier molecular flexibility index (Phi) is 5.58. The van der Waals surface area contributed by atoms with E-state index in [4.69, 9.17) is 4.98 Å². The summed E-state index contributed by atoms with van der Waals surface area (Å²) in [5.41, 5.74) is 2.18. The minimum absolute atomic E-state index is 0.0182. The highest BCUT2D eigenvalue weighted by Crippen LogP contribution is 2.36. The van der Waals surface area contributed by atoms with Crippen molar-refractivity contribution in [3.63, 3.8) is 0 Å². The molecule has 0 bridgehead atoms. The summed E-state index contributed by atoms with van der Waals surface area (Å²) in [5, 5.41) is 5.04. The highest BCUT2D eigenvalue weighted by molar-refractivity contribution is 7.17. The van der Waals surface area contributed by atoms with Crippen LogP contribution in [0.2, 0.25) is 0 Å². The van der Waals surface area contributed by atoms with E-state index < -0.39 is 0 Å². The number of carbonyl (C=O) groups excluding carboxylic acids is 1. The molecule has 6 nitrogen and oxygen atoms in total. The summed E-state index contributed by atoms with van der Waals surface area (Å²) in [5.74, 6) is -0.0182. The Hall–Kier alpha value is -2.80. The number of piperidine rings is 1. The molecule has 0 aliphatic carbocycles. The smallest absolute Gasteiger partial charge is 0.282 e. The van der Waals surface area contributed by atoms with E-state index in [1.165, 1.54) is 28.5 Å². The third-order valence-electron chi connectivity index (χ3n) is 5.05. The standard InChI is InChI=1S/C22H24N4O2S/c1-15(2)26-18(27)12-11-17(24-26)20-19(16-9-5-3-6-10-16)23-21(29-20)22(28)25-13-7-4-8-14-25/h3,5-6,9-12,15H,4,7-8,13-14H2,1-2H3. The van der Waals surface area contributed by atoms with Gasteiger partial charge in [0.2, 0.25) is 0 Å². The largest absolute Gasteiger partial charge is 0.337 e. The van der Waals surface area contributed by atoms with Crippen LogP contribution in [0.4, 0.5) is 0 Å². The van der Waals surface area contributed by atoms with Gasteiger partial charge in [0.15, 0.2) is 5.01 Å². The first-order chi connectivity index (χ1) is 14.0. The van der Waals surface area contributed by atoms with Crippen molar-refractivity contribution in [3.05, 3.63) is 57.8 Å². The molecule has 7 heteroatoms. The molecule has 3 aromatic rings. The number of benzene rings is 1. The molecule has 2 aromatic heterocycles. The number of likely N-dealkylation sites (tertiary alicyclic amines) is 1. The molecule has 1 aromatic carbocycles. The lowest BCUT2D eigenvalue weighted by molar-refractivity contribution is 0.0724. The number of rotatable bonds is 4. The van der Waals surface area contributed by atoms with Gasteiger partial charge in [-0.05, 0) is 39.2 Å². The maximum atomic E-state index is 13.1. The van der Waals surface area contributed by atoms with E-state index in [-0.39, 0.29) is 17.5 Å². The van der Waals surface area contributed by atoms with Gasteiger partial charge < -0.3 is 4.90 Å². The first-order valence-electron chi connectivity index (χ1n) is 10.0. The van der Waals surface area contributed by atoms with Crippen molar-refractivity contribution in [1.29, 1.82) is 0 Å². The fourth-order valence-corrected chi connectivity index (χ4v) is 4.55. The lowest BCUT2D eigenvalue weighted by atomic mass is 10.1. The van der Waals surface area contributed by atoms with Crippen molar-refractivity contribution in [3.8, 4) is 21.8 Å². The number of aromatic nitrogens is 3. The Labute approximate surface area is 173 Å². The maximum absolute atomic E-state index is 13.1. The Morgan fingerprint density at radius 1 is 1.03 bits per heavy atom. The molecule has 3 heterocycles. The molecule has 0 radical (unpaired) electrons. The summed E-state index contributed by atoms with van der Waals surface area (Å²) in [6.07, 6.45) is 3.25. The summed E-state index contributed by atoms with van der Waals surface area (Å²) in [6, 6.07) is 13.0. The summed E-state index contributed by atoms with van der Waals surface area (Å²) < 4.78 is 1.47. The van der Waals surface area contributed by atoms with Gasteiger partial charge in [-0.25, -0.2) is 9.67 Å². The van der Waals surface area contributed by atoms with E-state index in [1.807, 2.05) is 49.1 Å². The number of hydrogen-bond donors (Lipinski definition) is 0. The van der Waals surface area contributed by atoms with Gasteiger partial charge >= 0.3 is 0 Å². The monoisotopic (exact) mass is 408 g/mol. The third-order valence-corrected chi connectivity index (χ3v) is 6.11. The normalized spacial score (nSPS) is 14.4. The van der Waals surface area contributed by atoms with E-state index in [0.717, 1.165) is 42.1 Å². The Balaban J connectivity index is 1.82. The molecule has 0 N–H and O–H groups in total. The molecule has 1 saturated heterocycles. The first kappa shape index (κ1) is 19.5. The number of thiazole rings is 1. The quantitative estimate of drug-likeness (QED) is 0.647. The molecule has 0 unspecified atom stereocenters. The molecule has 1 aliphatic heterocycles. The van der Waals surface area contributed by atoms with Crippen LogP contribution in [0.15, 0.2) is 47.3 Å². The molecule has 1 fully saturated rings. The second-order valence-electron chi connectivity index (χ2n) is 7.51. The van der Waals surface area contributed by atoms with Gasteiger partial charge in [0.05, 0.1) is 16.6 Å². The molecule has 0 spiro atoms. The zero-order chi connectivity index (χ0) is 20.4. The van der Waals surface area contributed by atoms with Crippen LogP contribution in [0.5, 0.6) is 0 Å². The molecular formula is C22H24N4O2S. The predicted molar refractivity (Wildman–Crippen MR) is 115 cm³/mol. The molecule has 4 rings (SSSR count). The maximum Gasteiger partial charge on any atom is 0.282 e.